The molecule has 0 spiro atoms. The number of anilines is 1. The topological polar surface area (TPSA) is 77.1 Å². The van der Waals surface area contributed by atoms with E-state index in [2.05, 4.69) is 5.32 Å². The predicted molar refractivity (Wildman–Crippen MR) is 105 cm³/mol. The minimum absolute atomic E-state index is 0.106. The molecule has 0 atom stereocenters. The molecule has 7 heteroatoms. The number of ether oxygens (including phenoxy) is 3. The molecule has 1 N–H and O–H groups in total. The Balaban J connectivity index is 1.51. The van der Waals surface area contributed by atoms with Crippen molar-refractivity contribution < 1.29 is 23.8 Å². The van der Waals surface area contributed by atoms with E-state index in [0.29, 0.717) is 36.8 Å². The molecule has 1 heterocycles. The van der Waals surface area contributed by atoms with Crippen molar-refractivity contribution in [1.82, 2.24) is 5.32 Å². The third-order valence-electron chi connectivity index (χ3n) is 4.51. The van der Waals surface area contributed by atoms with Crippen LogP contribution in [0.1, 0.15) is 18.4 Å². The second-order valence-corrected chi connectivity index (χ2v) is 6.40. The van der Waals surface area contributed by atoms with Crippen LogP contribution in [0.4, 0.5) is 5.69 Å². The summed E-state index contributed by atoms with van der Waals surface area (Å²) in [5, 5.41) is 2.81. The van der Waals surface area contributed by atoms with Crippen LogP contribution in [-0.4, -0.2) is 39.2 Å². The van der Waals surface area contributed by atoms with Gasteiger partial charge in [0.1, 0.15) is 5.75 Å². The van der Waals surface area contributed by atoms with Crippen molar-refractivity contribution in [2.24, 2.45) is 0 Å². The van der Waals surface area contributed by atoms with E-state index in [1.165, 1.54) is 0 Å². The smallest absolute Gasteiger partial charge is 0.258 e. The molecule has 0 radical (unpaired) electrons. The Kier molecular flexibility index (Phi) is 6.37. The van der Waals surface area contributed by atoms with E-state index < -0.39 is 0 Å². The highest BCUT2D eigenvalue weighted by atomic mass is 16.5. The maximum absolute atomic E-state index is 12.1. The molecule has 28 heavy (non-hydrogen) atoms. The monoisotopic (exact) mass is 384 g/mol. The first-order valence-corrected chi connectivity index (χ1v) is 9.11. The summed E-state index contributed by atoms with van der Waals surface area (Å²) in [6.07, 6.45) is 1.44. The number of carbonyl (C=O) groups excluding carboxylic acids is 2. The summed E-state index contributed by atoms with van der Waals surface area (Å²) in [4.78, 5) is 25.7. The Morgan fingerprint density at radius 1 is 1.11 bits per heavy atom. The first-order valence-electron chi connectivity index (χ1n) is 9.11. The van der Waals surface area contributed by atoms with E-state index in [1.807, 2.05) is 24.3 Å². The van der Waals surface area contributed by atoms with Gasteiger partial charge in [-0.15, -0.1) is 0 Å². The van der Waals surface area contributed by atoms with Gasteiger partial charge in [0.25, 0.3) is 5.91 Å². The number of hydrogen-bond donors (Lipinski definition) is 1. The second kappa shape index (κ2) is 9.12. The van der Waals surface area contributed by atoms with Gasteiger partial charge >= 0.3 is 0 Å². The average molecular weight is 384 g/mol. The van der Waals surface area contributed by atoms with Gasteiger partial charge in [0.05, 0.1) is 14.2 Å². The van der Waals surface area contributed by atoms with Crippen molar-refractivity contribution >= 4 is 17.5 Å². The number of nitrogens with one attached hydrogen (secondary N) is 1. The molecule has 3 rings (SSSR count). The highest BCUT2D eigenvalue weighted by Gasteiger charge is 2.21. The van der Waals surface area contributed by atoms with Crippen LogP contribution in [0.25, 0.3) is 0 Å². The van der Waals surface area contributed by atoms with Crippen LogP contribution in [-0.2, 0) is 16.1 Å². The number of rotatable bonds is 8. The molecule has 0 aliphatic carbocycles. The molecule has 1 saturated heterocycles. The normalized spacial score (nSPS) is 13.4. The van der Waals surface area contributed by atoms with Gasteiger partial charge in [0, 0.05) is 31.3 Å². The van der Waals surface area contributed by atoms with Gasteiger partial charge in [0.2, 0.25) is 5.91 Å². The molecule has 2 aromatic carbocycles. The highest BCUT2D eigenvalue weighted by Crippen LogP contribution is 2.27. The fraction of sp³-hybridized carbons (Fsp3) is 0.333. The average Bonchev–Trinajstić information content (AvgIpc) is 3.16. The zero-order valence-electron chi connectivity index (χ0n) is 16.1. The van der Waals surface area contributed by atoms with Crippen LogP contribution in [0.5, 0.6) is 17.2 Å². The molecular weight excluding hydrogens is 360 g/mol. The van der Waals surface area contributed by atoms with Crippen molar-refractivity contribution in [3.63, 3.8) is 0 Å². The van der Waals surface area contributed by atoms with Gasteiger partial charge in [-0.2, -0.15) is 0 Å². The zero-order valence-corrected chi connectivity index (χ0v) is 16.1. The maximum atomic E-state index is 12.1. The van der Waals surface area contributed by atoms with E-state index in [0.717, 1.165) is 17.7 Å². The lowest BCUT2D eigenvalue weighted by molar-refractivity contribution is -0.123. The second-order valence-electron chi connectivity index (χ2n) is 6.40. The molecule has 0 saturated carbocycles. The number of nitrogens with zero attached hydrogens (tertiary/aromatic N) is 1. The van der Waals surface area contributed by atoms with Crippen LogP contribution in [0, 0.1) is 0 Å². The van der Waals surface area contributed by atoms with Crippen LogP contribution in [0.3, 0.4) is 0 Å². The molecule has 1 fully saturated rings. The molecule has 0 bridgehead atoms. The largest absolute Gasteiger partial charge is 0.493 e. The van der Waals surface area contributed by atoms with Crippen molar-refractivity contribution in [3.8, 4) is 17.2 Å². The quantitative estimate of drug-likeness (QED) is 0.757. The predicted octanol–water partition coefficient (Wildman–Crippen LogP) is 2.53. The Morgan fingerprint density at radius 3 is 2.64 bits per heavy atom. The third kappa shape index (κ3) is 4.73. The minimum Gasteiger partial charge on any atom is -0.493 e. The third-order valence-corrected chi connectivity index (χ3v) is 4.51. The van der Waals surface area contributed by atoms with E-state index in [1.54, 1.807) is 37.3 Å². The van der Waals surface area contributed by atoms with Crippen LogP contribution in [0.2, 0.25) is 0 Å². The first-order chi connectivity index (χ1) is 13.6. The Bertz CT molecular complexity index is 852. The van der Waals surface area contributed by atoms with Gasteiger partial charge in [-0.1, -0.05) is 12.1 Å². The Labute approximate surface area is 164 Å². The number of amides is 2. The lowest BCUT2D eigenvalue weighted by Crippen LogP contribution is -2.28. The maximum Gasteiger partial charge on any atom is 0.258 e. The molecule has 0 unspecified atom stereocenters. The Hall–Kier alpha value is -3.22. The fourth-order valence-corrected chi connectivity index (χ4v) is 3.05. The van der Waals surface area contributed by atoms with Crippen molar-refractivity contribution in [2.45, 2.75) is 19.4 Å². The molecule has 148 valence electrons. The summed E-state index contributed by atoms with van der Waals surface area (Å²) < 4.78 is 16.0. The van der Waals surface area contributed by atoms with E-state index in [-0.39, 0.29) is 18.4 Å². The molecule has 7 nitrogen and oxygen atoms in total. The summed E-state index contributed by atoms with van der Waals surface area (Å²) in [6, 6.07) is 12.7. The van der Waals surface area contributed by atoms with E-state index in [4.69, 9.17) is 14.2 Å². The number of methoxy groups -OCH3 is 2. The highest BCUT2D eigenvalue weighted by molar-refractivity contribution is 5.95. The lowest BCUT2D eigenvalue weighted by atomic mass is 10.2. The SMILES string of the molecule is COc1ccc(CNC(=O)COc2cccc(N3CCCC3=O)c2)cc1OC. The first kappa shape index (κ1) is 19.5. The zero-order chi connectivity index (χ0) is 19.9. The fourth-order valence-electron chi connectivity index (χ4n) is 3.05. The van der Waals surface area contributed by atoms with Crippen molar-refractivity contribution in [1.29, 1.82) is 0 Å². The van der Waals surface area contributed by atoms with Crippen molar-refractivity contribution in [2.75, 3.05) is 32.3 Å². The number of benzene rings is 2. The summed E-state index contributed by atoms with van der Waals surface area (Å²) >= 11 is 0. The van der Waals surface area contributed by atoms with Crippen molar-refractivity contribution in [3.05, 3.63) is 48.0 Å². The van der Waals surface area contributed by atoms with Gasteiger partial charge in [-0.25, -0.2) is 0 Å². The lowest BCUT2D eigenvalue weighted by Gasteiger charge is -2.16. The number of hydrogen-bond acceptors (Lipinski definition) is 5. The van der Waals surface area contributed by atoms with Crippen LogP contribution >= 0.6 is 0 Å². The molecule has 2 amide bonds. The summed E-state index contributed by atoms with van der Waals surface area (Å²) in [5.41, 5.74) is 1.69. The van der Waals surface area contributed by atoms with Crippen LogP contribution in [0.15, 0.2) is 42.5 Å². The van der Waals surface area contributed by atoms with Gasteiger partial charge < -0.3 is 24.4 Å². The minimum atomic E-state index is -0.238. The Morgan fingerprint density at radius 2 is 1.93 bits per heavy atom. The summed E-state index contributed by atoms with van der Waals surface area (Å²) in [7, 11) is 3.14. The molecule has 1 aliphatic heterocycles. The van der Waals surface area contributed by atoms with Crippen LogP contribution < -0.4 is 24.4 Å². The van der Waals surface area contributed by atoms with E-state index in [9.17, 15) is 9.59 Å². The molecule has 2 aromatic rings. The van der Waals surface area contributed by atoms with Gasteiger partial charge in [-0.05, 0) is 36.2 Å². The summed E-state index contributed by atoms with van der Waals surface area (Å²) in [6.45, 7) is 0.962. The molecule has 1 aliphatic rings. The number of carbonyl (C=O) groups is 2. The van der Waals surface area contributed by atoms with Gasteiger partial charge in [-0.3, -0.25) is 9.59 Å². The van der Waals surface area contributed by atoms with E-state index >= 15 is 0 Å². The van der Waals surface area contributed by atoms with Gasteiger partial charge in [0.15, 0.2) is 18.1 Å². The standard InChI is InChI=1S/C21H24N2O5/c1-26-18-9-8-15(11-19(18)27-2)13-22-20(24)14-28-17-6-3-5-16(12-17)23-10-4-7-21(23)25/h3,5-6,8-9,11-12H,4,7,10,13-14H2,1-2H3,(H,22,24). The summed E-state index contributed by atoms with van der Waals surface area (Å²) in [5.74, 6) is 1.68. The molecular formula is C21H24N2O5. The molecule has 0 aromatic heterocycles.